The van der Waals surface area contributed by atoms with Crippen molar-refractivity contribution in [2.45, 2.75) is 26.4 Å². The monoisotopic (exact) mass is 437 g/mol. The summed E-state index contributed by atoms with van der Waals surface area (Å²) < 4.78 is 41.1. The minimum absolute atomic E-state index is 0.0843. The average Bonchev–Trinajstić information content (AvgIpc) is 2.96. The number of anilines is 2. The molecule has 0 aliphatic carbocycles. The number of carbonyl (C=O) groups excluding carboxylic acids is 1. The van der Waals surface area contributed by atoms with E-state index in [0.717, 1.165) is 44.2 Å². The maximum atomic E-state index is 13.2. The molecular weight excluding hydrogens is 417 g/mol. The number of rotatable bonds is 6. The average molecular weight is 438 g/mol. The van der Waals surface area contributed by atoms with Crippen LogP contribution < -0.4 is 14.5 Å². The van der Waals surface area contributed by atoms with E-state index in [0.29, 0.717) is 12.2 Å². The van der Waals surface area contributed by atoms with Crippen molar-refractivity contribution in [1.29, 1.82) is 0 Å². The van der Waals surface area contributed by atoms with Gasteiger partial charge >= 0.3 is 4.87 Å². The predicted molar refractivity (Wildman–Crippen MR) is 114 cm³/mol. The summed E-state index contributed by atoms with van der Waals surface area (Å²) in [4.78, 5) is 24.7. The second-order valence-electron chi connectivity index (χ2n) is 6.50. The first-order valence-corrected chi connectivity index (χ1v) is 11.5. The Hall–Kier alpha value is -2.72. The number of hydrogen-bond donors (Lipinski definition) is 1. The molecule has 0 aliphatic heterocycles. The molecule has 0 saturated carbocycles. The Morgan fingerprint density at radius 2 is 1.90 bits per heavy atom. The molecule has 0 bridgehead atoms. The lowest BCUT2D eigenvalue weighted by molar-refractivity contribution is -0.116. The number of nitrogens with one attached hydrogen (secondary N) is 1. The van der Waals surface area contributed by atoms with E-state index in [1.807, 2.05) is 6.92 Å². The molecule has 154 valence electrons. The van der Waals surface area contributed by atoms with Gasteiger partial charge in [0.05, 0.1) is 22.2 Å². The van der Waals surface area contributed by atoms with Gasteiger partial charge in [-0.25, -0.2) is 12.8 Å². The van der Waals surface area contributed by atoms with Gasteiger partial charge in [0, 0.05) is 12.2 Å². The maximum absolute atomic E-state index is 13.2. The molecule has 10 heteroatoms. The number of halogens is 1. The number of sulfonamides is 1. The summed E-state index contributed by atoms with van der Waals surface area (Å²) in [7, 11) is -3.80. The number of aryl methyl sites for hydroxylation is 1. The van der Waals surface area contributed by atoms with Crippen LogP contribution in [0.5, 0.6) is 0 Å². The van der Waals surface area contributed by atoms with Crippen molar-refractivity contribution in [1.82, 2.24) is 4.57 Å². The van der Waals surface area contributed by atoms with Crippen LogP contribution in [-0.2, 0) is 21.4 Å². The zero-order valence-electron chi connectivity index (χ0n) is 16.0. The smallest absolute Gasteiger partial charge is 0.308 e. The van der Waals surface area contributed by atoms with Crippen molar-refractivity contribution < 1.29 is 17.6 Å². The molecular formula is C19H20FN3O4S2. The minimum Gasteiger partial charge on any atom is -0.324 e. The van der Waals surface area contributed by atoms with Gasteiger partial charge in [-0.15, -0.1) is 0 Å². The Morgan fingerprint density at radius 1 is 1.24 bits per heavy atom. The second-order valence-corrected chi connectivity index (χ2v) is 9.35. The van der Waals surface area contributed by atoms with Crippen molar-refractivity contribution in [3.05, 3.63) is 57.9 Å². The lowest BCUT2D eigenvalue weighted by Gasteiger charge is -2.28. The van der Waals surface area contributed by atoms with Crippen LogP contribution >= 0.6 is 11.3 Å². The molecule has 0 saturated heterocycles. The molecule has 1 amide bonds. The molecule has 0 unspecified atom stereocenters. The van der Waals surface area contributed by atoms with Gasteiger partial charge in [-0.05, 0) is 56.3 Å². The first kappa shape index (κ1) is 21.0. The van der Waals surface area contributed by atoms with Crippen molar-refractivity contribution in [3.8, 4) is 0 Å². The molecule has 29 heavy (non-hydrogen) atoms. The van der Waals surface area contributed by atoms with Crippen LogP contribution in [-0.4, -0.2) is 31.2 Å². The number of amides is 1. The summed E-state index contributed by atoms with van der Waals surface area (Å²) >= 11 is 1.08. The van der Waals surface area contributed by atoms with Gasteiger partial charge in [-0.3, -0.25) is 18.5 Å². The number of thiazole rings is 1. The van der Waals surface area contributed by atoms with Gasteiger partial charge in [-0.2, -0.15) is 0 Å². The molecule has 1 aromatic heterocycles. The van der Waals surface area contributed by atoms with Gasteiger partial charge in [0.15, 0.2) is 0 Å². The molecule has 2 aromatic carbocycles. The number of benzene rings is 2. The van der Waals surface area contributed by atoms with Crippen LogP contribution in [0, 0.1) is 5.82 Å². The number of fused-ring (bicyclic) bond motifs is 1. The predicted octanol–water partition coefficient (Wildman–Crippen LogP) is 3.02. The molecule has 3 rings (SSSR count). The van der Waals surface area contributed by atoms with E-state index < -0.39 is 27.8 Å². The summed E-state index contributed by atoms with van der Waals surface area (Å²) in [5, 5.41) is 2.69. The molecule has 1 N–H and O–H groups in total. The van der Waals surface area contributed by atoms with Gasteiger partial charge < -0.3 is 5.32 Å². The molecule has 3 aromatic rings. The van der Waals surface area contributed by atoms with Crippen LogP contribution in [0.3, 0.4) is 0 Å². The number of nitrogens with zero attached hydrogens (tertiary/aromatic N) is 2. The van der Waals surface area contributed by atoms with E-state index in [-0.39, 0.29) is 10.6 Å². The van der Waals surface area contributed by atoms with Gasteiger partial charge in [-0.1, -0.05) is 11.3 Å². The largest absolute Gasteiger partial charge is 0.324 e. The third-order valence-electron chi connectivity index (χ3n) is 4.42. The Bertz CT molecular complexity index is 1220. The Labute approximate surface area is 171 Å². The van der Waals surface area contributed by atoms with E-state index >= 15 is 0 Å². The highest BCUT2D eigenvalue weighted by Crippen LogP contribution is 2.24. The lowest BCUT2D eigenvalue weighted by Crippen LogP contribution is -2.45. The second kappa shape index (κ2) is 7.96. The quantitative estimate of drug-likeness (QED) is 0.642. The molecule has 0 spiro atoms. The summed E-state index contributed by atoms with van der Waals surface area (Å²) in [6.45, 7) is 3.87. The van der Waals surface area contributed by atoms with E-state index in [1.54, 1.807) is 22.8 Å². The normalized spacial score (nSPS) is 12.7. The number of aromatic nitrogens is 1. The van der Waals surface area contributed by atoms with E-state index in [9.17, 15) is 22.4 Å². The van der Waals surface area contributed by atoms with E-state index in [2.05, 4.69) is 5.32 Å². The highest BCUT2D eigenvalue weighted by molar-refractivity contribution is 7.92. The Balaban J connectivity index is 1.89. The van der Waals surface area contributed by atoms with E-state index in [1.165, 1.54) is 19.1 Å². The third-order valence-corrected chi connectivity index (χ3v) is 6.61. The topological polar surface area (TPSA) is 88.5 Å². The van der Waals surface area contributed by atoms with Crippen molar-refractivity contribution in [2.24, 2.45) is 0 Å². The molecule has 1 heterocycles. The van der Waals surface area contributed by atoms with Gasteiger partial charge in [0.25, 0.3) is 0 Å². The van der Waals surface area contributed by atoms with Gasteiger partial charge in [0.2, 0.25) is 15.9 Å². The Morgan fingerprint density at radius 3 is 2.48 bits per heavy atom. The number of carbonyl (C=O) groups is 1. The highest BCUT2D eigenvalue weighted by atomic mass is 32.2. The summed E-state index contributed by atoms with van der Waals surface area (Å²) in [5.74, 6) is -1.06. The van der Waals surface area contributed by atoms with E-state index in [4.69, 9.17) is 0 Å². The van der Waals surface area contributed by atoms with Crippen LogP contribution in [0.2, 0.25) is 0 Å². The zero-order chi connectivity index (χ0) is 21.3. The summed E-state index contributed by atoms with van der Waals surface area (Å²) in [6, 6.07) is 8.87. The fourth-order valence-corrected chi connectivity index (χ4v) is 5.26. The third kappa shape index (κ3) is 4.33. The fourth-order valence-electron chi connectivity index (χ4n) is 3.09. The Kier molecular flexibility index (Phi) is 5.76. The van der Waals surface area contributed by atoms with Crippen LogP contribution in [0.4, 0.5) is 15.8 Å². The molecule has 7 nitrogen and oxygen atoms in total. The van der Waals surface area contributed by atoms with Crippen molar-refractivity contribution >= 4 is 48.9 Å². The molecule has 0 fully saturated rings. The summed E-state index contributed by atoms with van der Waals surface area (Å²) in [5.41, 5.74) is 1.41. The molecule has 0 aliphatic rings. The van der Waals surface area contributed by atoms with Crippen molar-refractivity contribution in [3.63, 3.8) is 0 Å². The number of hydrogen-bond acceptors (Lipinski definition) is 5. The summed E-state index contributed by atoms with van der Waals surface area (Å²) in [6.07, 6.45) is 0.983. The highest BCUT2D eigenvalue weighted by Gasteiger charge is 2.29. The standard InChI is InChI=1S/C19H20FN3O4S2/c1-4-22-16-10-7-14(11-17(16)28-19(22)25)21-18(24)12(2)23(29(3,26)27)15-8-5-13(20)6-9-15/h5-12H,4H2,1-3H3,(H,21,24)/t12-/m0/s1. The molecule has 1 atom stereocenters. The van der Waals surface area contributed by atoms with Crippen LogP contribution in [0.1, 0.15) is 13.8 Å². The first-order chi connectivity index (χ1) is 13.6. The molecule has 0 radical (unpaired) electrons. The fraction of sp³-hybridized carbons (Fsp3) is 0.263. The van der Waals surface area contributed by atoms with Gasteiger partial charge in [0.1, 0.15) is 11.9 Å². The zero-order valence-corrected chi connectivity index (χ0v) is 17.7. The van der Waals surface area contributed by atoms with Crippen LogP contribution in [0.25, 0.3) is 10.2 Å². The van der Waals surface area contributed by atoms with Crippen LogP contribution in [0.15, 0.2) is 47.3 Å². The van der Waals surface area contributed by atoms with Crippen molar-refractivity contribution in [2.75, 3.05) is 15.9 Å². The lowest BCUT2D eigenvalue weighted by atomic mass is 10.2. The minimum atomic E-state index is -3.80. The first-order valence-electron chi connectivity index (χ1n) is 8.81. The SMILES string of the molecule is CCn1c(=O)sc2cc(NC(=O)[C@H](C)N(c3ccc(F)cc3)S(C)(=O)=O)ccc21. The maximum Gasteiger partial charge on any atom is 0.308 e.